The number of rotatable bonds is 0. The Morgan fingerprint density at radius 3 is 2.75 bits per heavy atom. The van der Waals surface area contributed by atoms with Gasteiger partial charge in [-0.2, -0.15) is 0 Å². The van der Waals surface area contributed by atoms with Crippen LogP contribution in [0.5, 0.6) is 0 Å². The Bertz CT molecular complexity index is 112. The van der Waals surface area contributed by atoms with Crippen LogP contribution >= 0.6 is 0 Å². The van der Waals surface area contributed by atoms with E-state index >= 15 is 0 Å². The Hall–Kier alpha value is -1.03. The van der Waals surface area contributed by atoms with Gasteiger partial charge in [-0.3, -0.25) is 5.01 Å². The number of hydrogen-bond acceptors (Lipinski definition) is 4. The summed E-state index contributed by atoms with van der Waals surface area (Å²) < 4.78 is 0. The van der Waals surface area contributed by atoms with E-state index < -0.39 is 0 Å². The van der Waals surface area contributed by atoms with Crippen LogP contribution in [0.15, 0.2) is 17.4 Å². The van der Waals surface area contributed by atoms with Crippen molar-refractivity contribution in [2.45, 2.75) is 0 Å². The van der Waals surface area contributed by atoms with Crippen LogP contribution in [0.4, 0.5) is 0 Å². The third-order valence-corrected chi connectivity index (χ3v) is 0.896. The summed E-state index contributed by atoms with van der Waals surface area (Å²) >= 11 is 0. The third-order valence-electron chi connectivity index (χ3n) is 0.896. The van der Waals surface area contributed by atoms with E-state index in [1.807, 2.05) is 19.3 Å². The summed E-state index contributed by atoms with van der Waals surface area (Å²) in [5.74, 6) is 5.29. The van der Waals surface area contributed by atoms with Crippen molar-refractivity contribution in [2.24, 2.45) is 10.9 Å². The minimum absolute atomic E-state index is 1.25. The molecule has 0 saturated heterocycles. The van der Waals surface area contributed by atoms with Crippen molar-refractivity contribution >= 4 is 6.21 Å². The molecule has 0 radical (unpaired) electrons. The van der Waals surface area contributed by atoms with Gasteiger partial charge >= 0.3 is 0 Å². The summed E-state index contributed by atoms with van der Waals surface area (Å²) in [5, 5.41) is 6.65. The van der Waals surface area contributed by atoms with Crippen LogP contribution in [0.3, 0.4) is 0 Å². The van der Waals surface area contributed by atoms with Gasteiger partial charge in [-0.25, -0.2) is 5.84 Å². The average molecular weight is 112 g/mol. The Balaban J connectivity index is 2.59. The molecule has 2 N–H and O–H groups in total. The number of hydrazine groups is 2. The average Bonchev–Trinajstić information content (AvgIpc) is 1.77. The first-order chi connectivity index (χ1) is 3.80. The molecule has 0 unspecified atom stereocenters. The molecule has 0 fully saturated rings. The maximum absolute atomic E-state index is 5.29. The van der Waals surface area contributed by atoms with Gasteiger partial charge in [0, 0.05) is 13.2 Å². The van der Waals surface area contributed by atoms with Crippen molar-refractivity contribution in [3.8, 4) is 0 Å². The zero-order chi connectivity index (χ0) is 5.98. The highest BCUT2D eigenvalue weighted by Crippen LogP contribution is 1.92. The van der Waals surface area contributed by atoms with Gasteiger partial charge in [-0.1, -0.05) is 0 Å². The topological polar surface area (TPSA) is 44.9 Å². The van der Waals surface area contributed by atoms with Crippen LogP contribution in [0.1, 0.15) is 0 Å². The molecule has 44 valence electrons. The molecule has 1 heterocycles. The predicted molar refractivity (Wildman–Crippen MR) is 31.4 cm³/mol. The summed E-state index contributed by atoms with van der Waals surface area (Å²) in [6.45, 7) is 0. The fourth-order valence-corrected chi connectivity index (χ4v) is 0.420. The lowest BCUT2D eigenvalue weighted by Crippen LogP contribution is -2.38. The van der Waals surface area contributed by atoms with Crippen molar-refractivity contribution in [2.75, 3.05) is 7.05 Å². The maximum Gasteiger partial charge on any atom is 0.0522 e. The summed E-state index contributed by atoms with van der Waals surface area (Å²) in [6.07, 6.45) is 5.25. The molecular formula is C4H8N4. The van der Waals surface area contributed by atoms with E-state index in [1.165, 1.54) is 5.23 Å². The lowest BCUT2D eigenvalue weighted by Gasteiger charge is -2.23. The monoisotopic (exact) mass is 112 g/mol. The number of hydrogen-bond donors (Lipinski definition) is 1. The number of hydrazone groups is 1. The summed E-state index contributed by atoms with van der Waals surface area (Å²) in [4.78, 5) is 0. The molecule has 0 saturated carbocycles. The Kier molecular flexibility index (Phi) is 1.17. The Morgan fingerprint density at radius 2 is 2.38 bits per heavy atom. The molecular weight excluding hydrogens is 104 g/mol. The Morgan fingerprint density at radius 1 is 1.62 bits per heavy atom. The first kappa shape index (κ1) is 5.11. The smallest absolute Gasteiger partial charge is 0.0522 e. The van der Waals surface area contributed by atoms with Gasteiger partial charge in [0.05, 0.1) is 6.21 Å². The van der Waals surface area contributed by atoms with E-state index in [9.17, 15) is 0 Å². The quantitative estimate of drug-likeness (QED) is 0.430. The van der Waals surface area contributed by atoms with E-state index in [0.717, 1.165) is 0 Å². The highest BCUT2D eigenvalue weighted by atomic mass is 15.9. The fraction of sp³-hybridized carbons (Fsp3) is 0.250. The SMILES string of the molecule is CN1C=CC=NN1N. The number of allylic oxidation sites excluding steroid dienone is 1. The second-order valence-corrected chi connectivity index (χ2v) is 1.50. The van der Waals surface area contributed by atoms with Gasteiger partial charge in [0.25, 0.3) is 0 Å². The van der Waals surface area contributed by atoms with Gasteiger partial charge in [0.2, 0.25) is 0 Å². The predicted octanol–water partition coefficient (Wildman–Crippen LogP) is -0.478. The van der Waals surface area contributed by atoms with Crippen molar-refractivity contribution in [1.29, 1.82) is 0 Å². The largest absolute Gasteiger partial charge is 0.265 e. The van der Waals surface area contributed by atoms with E-state index in [4.69, 9.17) is 5.84 Å². The van der Waals surface area contributed by atoms with E-state index in [0.29, 0.717) is 0 Å². The first-order valence-electron chi connectivity index (χ1n) is 2.29. The van der Waals surface area contributed by atoms with Gasteiger partial charge in [0.1, 0.15) is 0 Å². The van der Waals surface area contributed by atoms with Crippen molar-refractivity contribution < 1.29 is 0 Å². The Labute approximate surface area is 47.8 Å². The molecule has 0 spiro atoms. The molecule has 1 aliphatic rings. The fourth-order valence-electron chi connectivity index (χ4n) is 0.420. The molecule has 8 heavy (non-hydrogen) atoms. The second kappa shape index (κ2) is 1.83. The molecule has 0 amide bonds. The standard InChI is InChI=1S/C4H8N4/c1-7-4-2-3-6-8(7)5/h2-4H,5H2,1H3. The molecule has 0 aromatic heterocycles. The molecule has 0 bridgehead atoms. The lowest BCUT2D eigenvalue weighted by molar-refractivity contribution is 0.0484. The van der Waals surface area contributed by atoms with Crippen LogP contribution in [0, 0.1) is 0 Å². The first-order valence-corrected chi connectivity index (χ1v) is 2.29. The molecule has 0 aliphatic carbocycles. The van der Waals surface area contributed by atoms with Crippen LogP contribution < -0.4 is 5.84 Å². The van der Waals surface area contributed by atoms with Gasteiger partial charge < -0.3 is 0 Å². The lowest BCUT2D eigenvalue weighted by atomic mass is 10.6. The summed E-state index contributed by atoms with van der Waals surface area (Å²) in [7, 11) is 1.81. The third kappa shape index (κ3) is 0.788. The van der Waals surface area contributed by atoms with Crippen LogP contribution in [-0.2, 0) is 0 Å². The van der Waals surface area contributed by atoms with Crippen LogP contribution in [0.2, 0.25) is 0 Å². The molecule has 4 heteroatoms. The molecule has 0 aromatic carbocycles. The summed E-state index contributed by atoms with van der Waals surface area (Å²) in [6, 6.07) is 0. The van der Waals surface area contributed by atoms with Gasteiger partial charge in [0.15, 0.2) is 0 Å². The number of nitrogens with two attached hydrogens (primary N) is 1. The normalized spacial score (nSPS) is 17.8. The van der Waals surface area contributed by atoms with Gasteiger partial charge in [-0.05, 0) is 6.08 Å². The molecule has 4 nitrogen and oxygen atoms in total. The molecule has 1 aliphatic heterocycles. The number of nitrogens with zero attached hydrogens (tertiary/aromatic N) is 3. The van der Waals surface area contributed by atoms with Crippen molar-refractivity contribution in [1.82, 2.24) is 10.2 Å². The molecule has 0 aromatic rings. The minimum atomic E-state index is 1.25. The molecule has 0 atom stereocenters. The van der Waals surface area contributed by atoms with E-state index in [1.54, 1.807) is 11.2 Å². The van der Waals surface area contributed by atoms with Crippen LogP contribution in [-0.4, -0.2) is 23.5 Å². The van der Waals surface area contributed by atoms with Crippen molar-refractivity contribution in [3.05, 3.63) is 12.3 Å². The summed E-state index contributed by atoms with van der Waals surface area (Å²) in [5.41, 5.74) is 0. The zero-order valence-electron chi connectivity index (χ0n) is 4.65. The van der Waals surface area contributed by atoms with E-state index in [-0.39, 0.29) is 0 Å². The van der Waals surface area contributed by atoms with E-state index in [2.05, 4.69) is 5.10 Å². The second-order valence-electron chi connectivity index (χ2n) is 1.50. The zero-order valence-corrected chi connectivity index (χ0v) is 4.65. The highest BCUT2D eigenvalue weighted by Gasteiger charge is 1.96. The van der Waals surface area contributed by atoms with Gasteiger partial charge in [-0.15, -0.1) is 10.3 Å². The van der Waals surface area contributed by atoms with Crippen LogP contribution in [0.25, 0.3) is 0 Å². The highest BCUT2D eigenvalue weighted by molar-refractivity contribution is 5.70. The van der Waals surface area contributed by atoms with Crippen molar-refractivity contribution in [3.63, 3.8) is 0 Å². The minimum Gasteiger partial charge on any atom is -0.265 e. The maximum atomic E-state index is 5.29. The molecule has 1 rings (SSSR count).